The first kappa shape index (κ1) is 19.4. The number of carbonyl (C=O) groups is 1. The number of para-hydroxylation sites is 1. The topological polar surface area (TPSA) is 84.5 Å². The van der Waals surface area contributed by atoms with Crippen molar-refractivity contribution < 1.29 is 17.9 Å². The molecule has 3 aromatic carbocycles. The molecule has 0 radical (unpaired) electrons. The molecule has 1 amide bonds. The van der Waals surface area contributed by atoms with E-state index < -0.39 is 10.0 Å². The molecule has 6 nitrogen and oxygen atoms in total. The van der Waals surface area contributed by atoms with E-state index in [2.05, 4.69) is 10.0 Å². The van der Waals surface area contributed by atoms with Crippen LogP contribution in [-0.2, 0) is 16.6 Å². The molecule has 0 aliphatic rings. The third-order valence-corrected chi connectivity index (χ3v) is 5.46. The van der Waals surface area contributed by atoms with Crippen molar-refractivity contribution in [1.82, 2.24) is 5.32 Å². The summed E-state index contributed by atoms with van der Waals surface area (Å²) in [4.78, 5) is 12.6. The number of benzene rings is 3. The summed E-state index contributed by atoms with van der Waals surface area (Å²) in [5, 5.41) is 2.82. The van der Waals surface area contributed by atoms with Crippen LogP contribution in [0.15, 0.2) is 83.8 Å². The minimum Gasteiger partial charge on any atom is -0.496 e. The minimum atomic E-state index is -3.72. The predicted octanol–water partition coefficient (Wildman–Crippen LogP) is 3.43. The lowest BCUT2D eigenvalue weighted by atomic mass is 10.1. The first-order chi connectivity index (χ1) is 13.5. The van der Waals surface area contributed by atoms with Crippen LogP contribution in [0.3, 0.4) is 0 Å². The van der Waals surface area contributed by atoms with E-state index >= 15 is 0 Å². The highest BCUT2D eigenvalue weighted by Gasteiger charge is 2.15. The second-order valence-corrected chi connectivity index (χ2v) is 7.68. The van der Waals surface area contributed by atoms with E-state index in [-0.39, 0.29) is 10.8 Å². The number of anilines is 1. The van der Waals surface area contributed by atoms with Gasteiger partial charge in [0.1, 0.15) is 5.75 Å². The maximum atomic E-state index is 12.5. The molecule has 7 heteroatoms. The van der Waals surface area contributed by atoms with Crippen molar-refractivity contribution in [3.8, 4) is 5.75 Å². The van der Waals surface area contributed by atoms with Crippen LogP contribution in [0.2, 0.25) is 0 Å². The molecule has 0 fully saturated rings. The summed E-state index contributed by atoms with van der Waals surface area (Å²) >= 11 is 0. The molecule has 0 unspecified atom stereocenters. The Hall–Kier alpha value is -3.32. The number of carbonyl (C=O) groups excluding carboxylic acids is 1. The van der Waals surface area contributed by atoms with Gasteiger partial charge in [0, 0.05) is 23.4 Å². The smallest absolute Gasteiger partial charge is 0.261 e. The summed E-state index contributed by atoms with van der Waals surface area (Å²) in [7, 11) is -2.15. The zero-order chi connectivity index (χ0) is 20.0. The summed E-state index contributed by atoms with van der Waals surface area (Å²) in [6, 6.07) is 21.8. The molecule has 0 aliphatic carbocycles. The first-order valence-electron chi connectivity index (χ1n) is 8.57. The summed E-state index contributed by atoms with van der Waals surface area (Å²) in [6.45, 7) is 0.294. The van der Waals surface area contributed by atoms with Gasteiger partial charge in [-0.25, -0.2) is 8.42 Å². The SMILES string of the molecule is COc1ccccc1CNC(=O)c1cccc(NS(=O)(=O)c2ccccc2)c1. The molecule has 0 spiro atoms. The Kier molecular flexibility index (Phi) is 5.96. The standard InChI is InChI=1S/C21H20N2O4S/c1-27-20-13-6-5-8-17(20)15-22-21(24)16-9-7-10-18(14-16)23-28(25,26)19-11-3-2-4-12-19/h2-14,23H,15H2,1H3,(H,22,24). The lowest BCUT2D eigenvalue weighted by molar-refractivity contribution is 0.0950. The van der Waals surface area contributed by atoms with Gasteiger partial charge < -0.3 is 10.1 Å². The molecule has 144 valence electrons. The van der Waals surface area contributed by atoms with E-state index in [0.29, 0.717) is 23.5 Å². The maximum Gasteiger partial charge on any atom is 0.261 e. The van der Waals surface area contributed by atoms with Crippen LogP contribution >= 0.6 is 0 Å². The highest BCUT2D eigenvalue weighted by molar-refractivity contribution is 7.92. The Morgan fingerprint density at radius 2 is 1.64 bits per heavy atom. The van der Waals surface area contributed by atoms with Gasteiger partial charge in [0.05, 0.1) is 12.0 Å². The van der Waals surface area contributed by atoms with Crippen molar-refractivity contribution in [1.29, 1.82) is 0 Å². The van der Waals surface area contributed by atoms with Crippen LogP contribution in [0, 0.1) is 0 Å². The van der Waals surface area contributed by atoms with Gasteiger partial charge in [-0.3, -0.25) is 9.52 Å². The molecule has 0 heterocycles. The van der Waals surface area contributed by atoms with E-state index in [1.807, 2.05) is 24.3 Å². The van der Waals surface area contributed by atoms with Crippen LogP contribution in [0.5, 0.6) is 5.75 Å². The van der Waals surface area contributed by atoms with E-state index in [0.717, 1.165) is 5.56 Å². The minimum absolute atomic E-state index is 0.154. The van der Waals surface area contributed by atoms with Gasteiger partial charge >= 0.3 is 0 Å². The molecule has 3 aromatic rings. The van der Waals surface area contributed by atoms with E-state index in [1.165, 1.54) is 18.2 Å². The van der Waals surface area contributed by atoms with Gasteiger partial charge in [-0.2, -0.15) is 0 Å². The number of ether oxygens (including phenoxy) is 1. The Bertz CT molecular complexity index is 1070. The zero-order valence-corrected chi connectivity index (χ0v) is 16.1. The average molecular weight is 396 g/mol. The first-order valence-corrected chi connectivity index (χ1v) is 10.1. The number of hydrogen-bond donors (Lipinski definition) is 2. The summed E-state index contributed by atoms with van der Waals surface area (Å²) in [6.07, 6.45) is 0. The quantitative estimate of drug-likeness (QED) is 0.641. The largest absolute Gasteiger partial charge is 0.496 e. The fraction of sp³-hybridized carbons (Fsp3) is 0.0952. The number of rotatable bonds is 7. The fourth-order valence-electron chi connectivity index (χ4n) is 2.66. The lowest BCUT2D eigenvalue weighted by Gasteiger charge is -2.11. The monoisotopic (exact) mass is 396 g/mol. The molecule has 0 saturated heterocycles. The van der Waals surface area contributed by atoms with Crippen molar-refractivity contribution in [2.45, 2.75) is 11.4 Å². The van der Waals surface area contributed by atoms with E-state index in [9.17, 15) is 13.2 Å². The summed E-state index contributed by atoms with van der Waals surface area (Å²) < 4.78 is 32.6. The summed E-state index contributed by atoms with van der Waals surface area (Å²) in [5.74, 6) is 0.374. The third-order valence-electron chi connectivity index (χ3n) is 4.06. The van der Waals surface area contributed by atoms with Gasteiger partial charge in [0.2, 0.25) is 0 Å². The molecular formula is C21H20N2O4S. The Morgan fingerprint density at radius 3 is 2.39 bits per heavy atom. The maximum absolute atomic E-state index is 12.5. The molecule has 0 aliphatic heterocycles. The number of methoxy groups -OCH3 is 1. The van der Waals surface area contributed by atoms with Gasteiger partial charge in [-0.15, -0.1) is 0 Å². The second kappa shape index (κ2) is 8.58. The normalized spacial score (nSPS) is 10.9. The fourth-order valence-corrected chi connectivity index (χ4v) is 3.73. The molecular weight excluding hydrogens is 376 g/mol. The van der Waals surface area contributed by atoms with Crippen LogP contribution in [-0.4, -0.2) is 21.4 Å². The molecule has 0 saturated carbocycles. The van der Waals surface area contributed by atoms with Crippen LogP contribution in [0.1, 0.15) is 15.9 Å². The average Bonchev–Trinajstić information content (AvgIpc) is 2.72. The highest BCUT2D eigenvalue weighted by atomic mass is 32.2. The number of nitrogens with one attached hydrogen (secondary N) is 2. The summed E-state index contributed by atoms with van der Waals surface area (Å²) in [5.41, 5.74) is 1.51. The number of sulfonamides is 1. The van der Waals surface area contributed by atoms with Crippen LogP contribution in [0.25, 0.3) is 0 Å². The number of amides is 1. The van der Waals surface area contributed by atoms with Crippen molar-refractivity contribution in [2.75, 3.05) is 11.8 Å². The van der Waals surface area contributed by atoms with E-state index in [4.69, 9.17) is 4.74 Å². The van der Waals surface area contributed by atoms with Gasteiger partial charge in [-0.05, 0) is 36.4 Å². The van der Waals surface area contributed by atoms with Gasteiger partial charge in [0.15, 0.2) is 0 Å². The van der Waals surface area contributed by atoms with E-state index in [1.54, 1.807) is 43.5 Å². The molecule has 2 N–H and O–H groups in total. The molecule has 28 heavy (non-hydrogen) atoms. The van der Waals surface area contributed by atoms with Crippen molar-refractivity contribution in [3.05, 3.63) is 90.0 Å². The Morgan fingerprint density at radius 1 is 0.929 bits per heavy atom. The van der Waals surface area contributed by atoms with Crippen LogP contribution in [0.4, 0.5) is 5.69 Å². The third kappa shape index (κ3) is 4.69. The second-order valence-electron chi connectivity index (χ2n) is 5.99. The Labute approximate surface area is 164 Å². The van der Waals surface area contributed by atoms with Crippen LogP contribution < -0.4 is 14.8 Å². The molecule has 3 rings (SSSR count). The number of hydrogen-bond acceptors (Lipinski definition) is 4. The van der Waals surface area contributed by atoms with Crippen molar-refractivity contribution in [2.24, 2.45) is 0 Å². The Balaban J connectivity index is 1.71. The van der Waals surface area contributed by atoms with Gasteiger partial charge in [-0.1, -0.05) is 42.5 Å². The predicted molar refractivity (Wildman–Crippen MR) is 108 cm³/mol. The molecule has 0 bridgehead atoms. The lowest BCUT2D eigenvalue weighted by Crippen LogP contribution is -2.23. The molecule has 0 aromatic heterocycles. The van der Waals surface area contributed by atoms with Gasteiger partial charge in [0.25, 0.3) is 15.9 Å². The zero-order valence-electron chi connectivity index (χ0n) is 15.3. The molecule has 0 atom stereocenters. The van der Waals surface area contributed by atoms with Crippen molar-refractivity contribution in [3.63, 3.8) is 0 Å². The highest BCUT2D eigenvalue weighted by Crippen LogP contribution is 2.19. The van der Waals surface area contributed by atoms with Crippen molar-refractivity contribution >= 4 is 21.6 Å².